The van der Waals surface area contributed by atoms with Crippen LogP contribution in [0, 0.1) is 5.92 Å². The molecule has 1 fully saturated rings. The van der Waals surface area contributed by atoms with Crippen LogP contribution in [-0.4, -0.2) is 34.6 Å². The van der Waals surface area contributed by atoms with Crippen LogP contribution >= 0.6 is 0 Å². The van der Waals surface area contributed by atoms with Crippen molar-refractivity contribution in [3.63, 3.8) is 0 Å². The van der Waals surface area contributed by atoms with Gasteiger partial charge in [-0.1, -0.05) is 0 Å². The van der Waals surface area contributed by atoms with Crippen molar-refractivity contribution < 1.29 is 0 Å². The molecule has 2 aliphatic rings. The largest absolute Gasteiger partial charge is 0.332 e. The Labute approximate surface area is 104 Å². The number of likely N-dealkylation sites (tertiary alicyclic amines) is 1. The van der Waals surface area contributed by atoms with E-state index < -0.39 is 0 Å². The van der Waals surface area contributed by atoms with Gasteiger partial charge in [-0.2, -0.15) is 0 Å². The Balaban J connectivity index is 1.66. The molecule has 0 radical (unpaired) electrons. The number of rotatable bonds is 2. The molecule has 3 rings (SSSR count). The van der Waals surface area contributed by atoms with E-state index >= 15 is 0 Å². The highest BCUT2D eigenvalue weighted by Gasteiger charge is 2.21. The lowest BCUT2D eigenvalue weighted by Gasteiger charge is -2.29. The Morgan fingerprint density at radius 1 is 1.24 bits per heavy atom. The zero-order valence-electron chi connectivity index (χ0n) is 10.9. The average Bonchev–Trinajstić information content (AvgIpc) is 2.76. The number of aromatic nitrogens is 2. The molecule has 94 valence electrons. The maximum Gasteiger partial charge on any atom is 0.109 e. The summed E-state index contributed by atoms with van der Waals surface area (Å²) in [5, 5.41) is 0. The highest BCUT2D eigenvalue weighted by atomic mass is 15.1. The molecule has 0 spiro atoms. The first-order chi connectivity index (χ1) is 8.33. The summed E-state index contributed by atoms with van der Waals surface area (Å²) >= 11 is 0. The van der Waals surface area contributed by atoms with Crippen molar-refractivity contribution in [3.05, 3.63) is 17.7 Å². The van der Waals surface area contributed by atoms with Gasteiger partial charge in [-0.3, -0.25) is 0 Å². The lowest BCUT2D eigenvalue weighted by molar-refractivity contribution is 0.216. The van der Waals surface area contributed by atoms with Gasteiger partial charge in [-0.15, -0.1) is 0 Å². The van der Waals surface area contributed by atoms with Gasteiger partial charge in [0.1, 0.15) is 5.82 Å². The Hall–Kier alpha value is -0.830. The van der Waals surface area contributed by atoms with Crippen LogP contribution in [0.3, 0.4) is 0 Å². The maximum atomic E-state index is 4.66. The number of hydrogen-bond donors (Lipinski definition) is 0. The van der Waals surface area contributed by atoms with Crippen molar-refractivity contribution in [1.82, 2.24) is 14.5 Å². The van der Waals surface area contributed by atoms with Crippen molar-refractivity contribution in [3.8, 4) is 0 Å². The molecular weight excluding hydrogens is 210 g/mol. The predicted octanol–water partition coefficient (Wildman–Crippen LogP) is 2.10. The summed E-state index contributed by atoms with van der Waals surface area (Å²) < 4.78 is 2.49. The van der Waals surface area contributed by atoms with Crippen molar-refractivity contribution in [1.29, 1.82) is 0 Å². The molecule has 0 N–H and O–H groups in total. The second kappa shape index (κ2) is 4.81. The summed E-state index contributed by atoms with van der Waals surface area (Å²) in [5.74, 6) is 2.22. The van der Waals surface area contributed by atoms with E-state index in [1.165, 1.54) is 69.7 Å². The minimum Gasteiger partial charge on any atom is -0.332 e. The van der Waals surface area contributed by atoms with E-state index in [-0.39, 0.29) is 0 Å². The van der Waals surface area contributed by atoms with Gasteiger partial charge in [0.2, 0.25) is 0 Å². The number of nitrogens with zero attached hydrogens (tertiary/aromatic N) is 3. The van der Waals surface area contributed by atoms with Crippen LogP contribution in [0.4, 0.5) is 0 Å². The van der Waals surface area contributed by atoms with Crippen LogP contribution in [0.2, 0.25) is 0 Å². The van der Waals surface area contributed by atoms with Gasteiger partial charge in [0.05, 0.1) is 0 Å². The molecule has 3 nitrogen and oxygen atoms in total. The molecule has 17 heavy (non-hydrogen) atoms. The van der Waals surface area contributed by atoms with E-state index in [4.69, 9.17) is 0 Å². The monoisotopic (exact) mass is 233 g/mol. The van der Waals surface area contributed by atoms with Crippen molar-refractivity contribution in [2.24, 2.45) is 5.92 Å². The van der Waals surface area contributed by atoms with Gasteiger partial charge >= 0.3 is 0 Å². The van der Waals surface area contributed by atoms with E-state index in [9.17, 15) is 0 Å². The Morgan fingerprint density at radius 3 is 2.88 bits per heavy atom. The molecule has 3 heterocycles. The van der Waals surface area contributed by atoms with Gasteiger partial charge in [-0.05, 0) is 58.2 Å². The summed E-state index contributed by atoms with van der Waals surface area (Å²) in [4.78, 5) is 7.10. The number of imidazole rings is 1. The van der Waals surface area contributed by atoms with Crippen molar-refractivity contribution in [2.45, 2.75) is 45.1 Å². The topological polar surface area (TPSA) is 21.1 Å². The fourth-order valence-electron chi connectivity index (χ4n) is 3.19. The van der Waals surface area contributed by atoms with Gasteiger partial charge in [0.15, 0.2) is 0 Å². The Morgan fingerprint density at radius 2 is 2.06 bits per heavy atom. The fourth-order valence-corrected chi connectivity index (χ4v) is 3.19. The lowest BCUT2D eigenvalue weighted by Crippen LogP contribution is -2.31. The normalized spacial score (nSPS) is 22.6. The Kier molecular flexibility index (Phi) is 3.19. The van der Waals surface area contributed by atoms with Crippen molar-refractivity contribution in [2.75, 3.05) is 20.1 Å². The summed E-state index contributed by atoms with van der Waals surface area (Å²) in [6.07, 6.45) is 9.93. The van der Waals surface area contributed by atoms with Crippen LogP contribution in [0.15, 0.2) is 6.20 Å². The predicted molar refractivity (Wildman–Crippen MR) is 69.1 cm³/mol. The molecule has 1 aromatic rings. The van der Waals surface area contributed by atoms with E-state index in [1.807, 2.05) is 0 Å². The van der Waals surface area contributed by atoms with Crippen molar-refractivity contribution >= 4 is 0 Å². The van der Waals surface area contributed by atoms with Gasteiger partial charge in [0.25, 0.3) is 0 Å². The molecule has 0 aromatic carbocycles. The summed E-state index contributed by atoms with van der Waals surface area (Å²) in [6, 6.07) is 0. The number of fused-ring (bicyclic) bond motifs is 1. The zero-order valence-corrected chi connectivity index (χ0v) is 10.9. The van der Waals surface area contributed by atoms with Gasteiger partial charge in [-0.25, -0.2) is 4.98 Å². The van der Waals surface area contributed by atoms with Gasteiger partial charge < -0.3 is 9.47 Å². The molecule has 3 heteroatoms. The minimum atomic E-state index is 0.861. The molecule has 1 aromatic heterocycles. The highest BCUT2D eigenvalue weighted by molar-refractivity contribution is 5.08. The first kappa shape index (κ1) is 11.3. The molecular formula is C14H23N3. The first-order valence-corrected chi connectivity index (χ1v) is 7.05. The SMILES string of the molecule is CN1CCC(Cc2ncc3n2CCCC3)CC1. The summed E-state index contributed by atoms with van der Waals surface area (Å²) in [7, 11) is 2.23. The molecule has 0 atom stereocenters. The molecule has 0 saturated carbocycles. The minimum absolute atomic E-state index is 0.861. The highest BCUT2D eigenvalue weighted by Crippen LogP contribution is 2.23. The molecule has 1 saturated heterocycles. The fraction of sp³-hybridized carbons (Fsp3) is 0.786. The first-order valence-electron chi connectivity index (χ1n) is 7.05. The number of aryl methyl sites for hydroxylation is 1. The summed E-state index contributed by atoms with van der Waals surface area (Å²) in [5.41, 5.74) is 1.47. The third kappa shape index (κ3) is 2.39. The van der Waals surface area contributed by atoms with E-state index in [0.717, 1.165) is 5.92 Å². The molecule has 0 amide bonds. The second-order valence-electron chi connectivity index (χ2n) is 5.73. The Bertz CT molecular complexity index is 375. The molecule has 2 aliphatic heterocycles. The van der Waals surface area contributed by atoms with E-state index in [0.29, 0.717) is 0 Å². The van der Waals surface area contributed by atoms with Crippen LogP contribution in [0.1, 0.15) is 37.2 Å². The van der Waals surface area contributed by atoms with E-state index in [1.54, 1.807) is 0 Å². The molecule has 0 unspecified atom stereocenters. The summed E-state index contributed by atoms with van der Waals surface area (Å²) in [6.45, 7) is 3.73. The van der Waals surface area contributed by atoms with Crippen LogP contribution in [0.5, 0.6) is 0 Å². The average molecular weight is 233 g/mol. The lowest BCUT2D eigenvalue weighted by atomic mass is 9.93. The van der Waals surface area contributed by atoms with E-state index in [2.05, 4.69) is 27.7 Å². The molecule has 0 aliphatic carbocycles. The zero-order chi connectivity index (χ0) is 11.7. The number of hydrogen-bond acceptors (Lipinski definition) is 2. The third-order valence-corrected chi connectivity index (χ3v) is 4.39. The van der Waals surface area contributed by atoms with Crippen LogP contribution in [-0.2, 0) is 19.4 Å². The second-order valence-corrected chi connectivity index (χ2v) is 5.73. The van der Waals surface area contributed by atoms with Gasteiger partial charge in [0, 0.05) is 24.9 Å². The smallest absolute Gasteiger partial charge is 0.109 e. The number of piperidine rings is 1. The maximum absolute atomic E-state index is 4.66. The third-order valence-electron chi connectivity index (χ3n) is 4.39. The van der Waals surface area contributed by atoms with Crippen LogP contribution in [0.25, 0.3) is 0 Å². The quantitative estimate of drug-likeness (QED) is 0.780. The van der Waals surface area contributed by atoms with Crippen LogP contribution < -0.4 is 0 Å². The standard InChI is InChI=1S/C14H23N3/c1-16-8-5-12(6-9-16)10-14-15-11-13-4-2-3-7-17(13)14/h11-12H,2-10H2,1H3. The molecule has 0 bridgehead atoms.